The van der Waals surface area contributed by atoms with Crippen LogP contribution in [0.4, 0.5) is 5.69 Å². The molecule has 2 aromatic carbocycles. The highest BCUT2D eigenvalue weighted by molar-refractivity contribution is 7.90. The Morgan fingerprint density at radius 1 is 1.07 bits per heavy atom. The molecule has 40 heavy (non-hydrogen) atoms. The summed E-state index contributed by atoms with van der Waals surface area (Å²) in [5, 5.41) is -0.00282. The zero-order valence-electron chi connectivity index (χ0n) is 23.1. The fraction of sp³-hybridized carbons (Fsp3) is 0.469. The van der Waals surface area contributed by atoms with Gasteiger partial charge in [-0.05, 0) is 98.2 Å². The third-order valence-electron chi connectivity index (χ3n) is 9.58. The predicted molar refractivity (Wildman–Crippen MR) is 160 cm³/mol. The van der Waals surface area contributed by atoms with Crippen molar-refractivity contribution in [2.75, 3.05) is 24.6 Å². The lowest BCUT2D eigenvalue weighted by Gasteiger charge is -2.44. The number of sulfonamides is 1. The first-order valence-electron chi connectivity index (χ1n) is 14.4. The Bertz CT molecular complexity index is 1490. The molecule has 1 amide bonds. The summed E-state index contributed by atoms with van der Waals surface area (Å²) in [5.41, 5.74) is 3.55. The lowest BCUT2D eigenvalue weighted by Crippen LogP contribution is -2.48. The first kappa shape index (κ1) is 27.4. The van der Waals surface area contributed by atoms with Crippen LogP contribution < -0.4 is 14.4 Å². The molecule has 2 bridgehead atoms. The summed E-state index contributed by atoms with van der Waals surface area (Å²) >= 11 is 6.38. The maximum absolute atomic E-state index is 13.3. The number of rotatable bonds is 0. The summed E-state index contributed by atoms with van der Waals surface area (Å²) in [6, 6.07) is 11.5. The van der Waals surface area contributed by atoms with Crippen LogP contribution in [0.15, 0.2) is 60.7 Å². The number of hydrogen-bond acceptors (Lipinski definition) is 5. The van der Waals surface area contributed by atoms with Crippen molar-refractivity contribution in [3.8, 4) is 5.75 Å². The van der Waals surface area contributed by atoms with Crippen molar-refractivity contribution in [2.24, 2.45) is 17.8 Å². The van der Waals surface area contributed by atoms with Crippen LogP contribution in [-0.2, 0) is 21.9 Å². The van der Waals surface area contributed by atoms with E-state index in [1.54, 1.807) is 13.0 Å². The highest BCUT2D eigenvalue weighted by atomic mass is 35.5. The SMILES string of the molecule is C[C@@H]1[C@@H](C)/C=C/C=C/[C@@H]2CC[C@H]2CN2C[C@@]3(CCCc4cc(Cl)ccc43)COc3ccc(cc32)C(=O)NS1(=O)=O. The van der Waals surface area contributed by atoms with Gasteiger partial charge in [0.2, 0.25) is 10.0 Å². The molecule has 212 valence electrons. The molecule has 6 nitrogen and oxygen atoms in total. The molecular formula is C32H37ClN2O4S. The number of anilines is 1. The number of carbonyl (C=O) groups is 1. The number of nitrogens with zero attached hydrogens (tertiary/aromatic N) is 1. The minimum Gasteiger partial charge on any atom is -0.490 e. The number of ether oxygens (including phenoxy) is 1. The van der Waals surface area contributed by atoms with E-state index in [2.05, 4.69) is 33.9 Å². The van der Waals surface area contributed by atoms with Gasteiger partial charge in [-0.25, -0.2) is 13.1 Å². The Balaban J connectivity index is 1.43. The van der Waals surface area contributed by atoms with Crippen molar-refractivity contribution in [1.82, 2.24) is 4.72 Å². The molecule has 1 fully saturated rings. The van der Waals surface area contributed by atoms with Gasteiger partial charge in [0, 0.05) is 29.1 Å². The molecule has 1 saturated carbocycles. The highest BCUT2D eigenvalue weighted by Gasteiger charge is 2.43. The van der Waals surface area contributed by atoms with Crippen LogP contribution in [0.2, 0.25) is 5.02 Å². The van der Waals surface area contributed by atoms with Gasteiger partial charge in [0.15, 0.2) is 0 Å². The Morgan fingerprint density at radius 2 is 1.90 bits per heavy atom. The molecule has 2 aliphatic carbocycles. The molecule has 0 radical (unpaired) electrons. The number of hydrogen-bond donors (Lipinski definition) is 1. The predicted octanol–water partition coefficient (Wildman–Crippen LogP) is 6.05. The van der Waals surface area contributed by atoms with Gasteiger partial charge in [-0.2, -0.15) is 0 Å². The van der Waals surface area contributed by atoms with Crippen LogP contribution in [0.3, 0.4) is 0 Å². The minimum atomic E-state index is -3.88. The van der Waals surface area contributed by atoms with Gasteiger partial charge < -0.3 is 9.64 Å². The van der Waals surface area contributed by atoms with E-state index >= 15 is 0 Å². The quantitative estimate of drug-likeness (QED) is 0.410. The molecule has 0 aromatic heterocycles. The van der Waals surface area contributed by atoms with E-state index in [0.717, 1.165) is 61.7 Å². The average molecular weight is 581 g/mol. The summed E-state index contributed by atoms with van der Waals surface area (Å²) in [4.78, 5) is 15.7. The minimum absolute atomic E-state index is 0.201. The van der Waals surface area contributed by atoms with E-state index in [9.17, 15) is 13.2 Å². The van der Waals surface area contributed by atoms with Gasteiger partial charge in [-0.3, -0.25) is 4.79 Å². The number of benzene rings is 2. The second-order valence-corrected chi connectivity index (χ2v) is 14.6. The van der Waals surface area contributed by atoms with E-state index in [1.165, 1.54) is 11.1 Å². The third-order valence-corrected chi connectivity index (χ3v) is 11.7. The zero-order chi connectivity index (χ0) is 28.1. The monoisotopic (exact) mass is 580 g/mol. The Morgan fingerprint density at radius 3 is 2.70 bits per heavy atom. The molecule has 2 aromatic rings. The second kappa shape index (κ2) is 10.6. The second-order valence-electron chi connectivity index (χ2n) is 12.1. The fourth-order valence-electron chi connectivity index (χ4n) is 6.78. The molecule has 2 heterocycles. The van der Waals surface area contributed by atoms with Crippen LogP contribution in [0, 0.1) is 17.8 Å². The first-order chi connectivity index (χ1) is 19.1. The van der Waals surface area contributed by atoms with E-state index in [-0.39, 0.29) is 11.3 Å². The van der Waals surface area contributed by atoms with Crippen molar-refractivity contribution in [1.29, 1.82) is 0 Å². The fourth-order valence-corrected chi connectivity index (χ4v) is 8.19. The standard InChI is InChI=1S/C32H37ClN2O4S/c1-21-6-3-4-7-23-9-10-26(23)18-35-19-32(15-5-8-24-16-27(33)12-13-28(24)32)20-39-30-14-11-25(17-29(30)35)31(36)34-40(37,38)22(21)2/h3-4,6-7,11-14,16-17,21-23,26H,5,8-10,15,18-20H2,1-2H3,(H,34,36)/b6-3+,7-4+/t21-,22+,23+,26-,32-/m0/s1. The molecule has 1 spiro atoms. The molecule has 0 unspecified atom stereocenters. The van der Waals surface area contributed by atoms with E-state index in [0.29, 0.717) is 24.0 Å². The highest BCUT2D eigenvalue weighted by Crippen LogP contribution is 2.46. The maximum Gasteiger partial charge on any atom is 0.264 e. The number of nitrogens with one attached hydrogen (secondary N) is 1. The van der Waals surface area contributed by atoms with Crippen LogP contribution in [0.5, 0.6) is 5.75 Å². The van der Waals surface area contributed by atoms with Gasteiger partial charge in [-0.15, -0.1) is 0 Å². The zero-order valence-corrected chi connectivity index (χ0v) is 24.7. The summed E-state index contributed by atoms with van der Waals surface area (Å²) < 4.78 is 35.0. The number of carbonyl (C=O) groups excluding carboxylic acids is 1. The van der Waals surface area contributed by atoms with Crippen LogP contribution in [-0.4, -0.2) is 39.3 Å². The summed E-state index contributed by atoms with van der Waals surface area (Å²) in [7, 11) is -3.88. The van der Waals surface area contributed by atoms with Crippen molar-refractivity contribution >= 4 is 33.2 Å². The lowest BCUT2D eigenvalue weighted by atomic mass is 9.69. The molecule has 8 heteroatoms. The number of aryl methyl sites for hydroxylation is 1. The summed E-state index contributed by atoms with van der Waals surface area (Å²) in [6.45, 7) is 5.65. The molecule has 1 N–H and O–H groups in total. The van der Waals surface area contributed by atoms with Crippen LogP contribution in [0.1, 0.15) is 61.0 Å². The molecule has 0 saturated heterocycles. The largest absolute Gasteiger partial charge is 0.490 e. The molecule has 6 rings (SSSR count). The van der Waals surface area contributed by atoms with E-state index in [4.69, 9.17) is 16.3 Å². The smallest absolute Gasteiger partial charge is 0.264 e. The topological polar surface area (TPSA) is 75.7 Å². The van der Waals surface area contributed by atoms with Gasteiger partial charge >= 0.3 is 0 Å². The summed E-state index contributed by atoms with van der Waals surface area (Å²) in [5.74, 6) is 0.815. The van der Waals surface area contributed by atoms with Gasteiger partial charge in [0.25, 0.3) is 5.91 Å². The molecule has 2 aliphatic heterocycles. The Labute approximate surface area is 242 Å². The first-order valence-corrected chi connectivity index (χ1v) is 16.3. The normalized spacial score (nSPS) is 32.9. The van der Waals surface area contributed by atoms with Crippen LogP contribution in [0.25, 0.3) is 0 Å². The van der Waals surface area contributed by atoms with E-state index in [1.807, 2.05) is 37.3 Å². The van der Waals surface area contributed by atoms with E-state index < -0.39 is 21.2 Å². The number of fused-ring (bicyclic) bond motifs is 4. The van der Waals surface area contributed by atoms with Crippen molar-refractivity contribution in [2.45, 2.75) is 56.6 Å². The van der Waals surface area contributed by atoms with Crippen LogP contribution >= 0.6 is 11.6 Å². The average Bonchev–Trinajstić information content (AvgIpc) is 3.06. The van der Waals surface area contributed by atoms with Gasteiger partial charge in [0.05, 0.1) is 17.5 Å². The number of amides is 1. The summed E-state index contributed by atoms with van der Waals surface area (Å²) in [6.07, 6.45) is 13.5. The third kappa shape index (κ3) is 5.07. The Hall–Kier alpha value is -2.77. The van der Waals surface area contributed by atoms with Crippen molar-refractivity contribution in [3.63, 3.8) is 0 Å². The van der Waals surface area contributed by atoms with Gasteiger partial charge in [0.1, 0.15) is 5.75 Å². The molecule has 4 aliphatic rings. The van der Waals surface area contributed by atoms with Crippen molar-refractivity contribution in [3.05, 3.63) is 82.4 Å². The molecule has 5 atom stereocenters. The lowest BCUT2D eigenvalue weighted by molar-refractivity contribution is 0.0981. The van der Waals surface area contributed by atoms with Gasteiger partial charge in [-0.1, -0.05) is 48.9 Å². The number of halogens is 1. The van der Waals surface area contributed by atoms with Crippen molar-refractivity contribution < 1.29 is 17.9 Å². The molecular weight excluding hydrogens is 544 g/mol. The maximum atomic E-state index is 13.3. The number of allylic oxidation sites excluding steroid dienone is 4. The Kier molecular flexibility index (Phi) is 7.24.